The van der Waals surface area contributed by atoms with Gasteiger partial charge in [-0.25, -0.2) is 23.2 Å². The summed E-state index contributed by atoms with van der Waals surface area (Å²) in [6.45, 7) is 5.84. The molecule has 2 aliphatic rings. The Morgan fingerprint density at radius 2 is 2.00 bits per heavy atom. The van der Waals surface area contributed by atoms with Gasteiger partial charge in [-0.1, -0.05) is 0 Å². The number of hydrogen-bond acceptors (Lipinski definition) is 7. The van der Waals surface area contributed by atoms with E-state index in [2.05, 4.69) is 19.9 Å². The zero-order valence-electron chi connectivity index (χ0n) is 17.8. The van der Waals surface area contributed by atoms with Crippen molar-refractivity contribution in [2.24, 2.45) is 5.92 Å². The predicted octanol–water partition coefficient (Wildman–Crippen LogP) is 2.21. The van der Waals surface area contributed by atoms with Gasteiger partial charge in [-0.05, 0) is 45.6 Å². The molecule has 1 aliphatic heterocycles. The summed E-state index contributed by atoms with van der Waals surface area (Å²) in [6, 6.07) is 2.22. The third-order valence-electron chi connectivity index (χ3n) is 5.90. The molecular weight excluding hydrogens is 406 g/mol. The standard InChI is InChI=1S/C20H29N5O4S/c1-20(2,3)29-19(26)25-9-15(10-25)30(27,28)11-13-7-14(8-13)24(4)18-16-5-6-21-17(16)22-12-23-18/h5-6,12-15H,7-11H2,1-4H3,(H,21,22,23). The number of aromatic nitrogens is 3. The maximum atomic E-state index is 12.7. The molecular formula is C20H29N5O4S. The average molecular weight is 436 g/mol. The number of nitrogens with zero attached hydrogens (tertiary/aromatic N) is 4. The molecule has 164 valence electrons. The number of hydrogen-bond donors (Lipinski definition) is 1. The summed E-state index contributed by atoms with van der Waals surface area (Å²) in [5.74, 6) is 1.18. The predicted molar refractivity (Wildman–Crippen MR) is 114 cm³/mol. The zero-order valence-corrected chi connectivity index (χ0v) is 18.6. The van der Waals surface area contributed by atoms with Crippen molar-refractivity contribution >= 4 is 32.8 Å². The molecule has 1 N–H and O–H groups in total. The van der Waals surface area contributed by atoms with E-state index in [9.17, 15) is 13.2 Å². The van der Waals surface area contributed by atoms with Crippen LogP contribution in [0.25, 0.3) is 11.0 Å². The van der Waals surface area contributed by atoms with Gasteiger partial charge in [-0.15, -0.1) is 0 Å². The molecule has 0 radical (unpaired) electrons. The van der Waals surface area contributed by atoms with Crippen molar-refractivity contribution in [2.45, 2.75) is 50.5 Å². The van der Waals surface area contributed by atoms with Crippen LogP contribution in [0, 0.1) is 5.92 Å². The molecule has 0 aromatic carbocycles. The number of H-pyrrole nitrogens is 1. The minimum Gasteiger partial charge on any atom is -0.444 e. The molecule has 2 aromatic heterocycles. The molecule has 0 unspecified atom stereocenters. The molecule has 1 amide bonds. The number of amides is 1. The van der Waals surface area contributed by atoms with Gasteiger partial charge >= 0.3 is 6.09 Å². The highest BCUT2D eigenvalue weighted by Gasteiger charge is 2.44. The van der Waals surface area contributed by atoms with Crippen molar-refractivity contribution in [1.82, 2.24) is 19.9 Å². The smallest absolute Gasteiger partial charge is 0.410 e. The number of nitrogens with one attached hydrogen (secondary N) is 1. The second-order valence-electron chi connectivity index (χ2n) is 9.38. The van der Waals surface area contributed by atoms with Crippen LogP contribution in [0.15, 0.2) is 18.6 Å². The minimum atomic E-state index is -3.23. The molecule has 2 fully saturated rings. The molecule has 4 rings (SSSR count). The third-order valence-corrected chi connectivity index (χ3v) is 8.15. The lowest BCUT2D eigenvalue weighted by Gasteiger charge is -2.44. The van der Waals surface area contributed by atoms with Crippen LogP contribution in [-0.4, -0.2) is 77.1 Å². The number of aromatic amines is 1. The van der Waals surface area contributed by atoms with E-state index < -0.39 is 26.8 Å². The van der Waals surface area contributed by atoms with Gasteiger partial charge in [0.1, 0.15) is 23.4 Å². The molecule has 1 saturated carbocycles. The van der Waals surface area contributed by atoms with Gasteiger partial charge < -0.3 is 19.5 Å². The van der Waals surface area contributed by atoms with E-state index in [1.54, 1.807) is 20.8 Å². The quantitative estimate of drug-likeness (QED) is 0.767. The topological polar surface area (TPSA) is 108 Å². The summed E-state index contributed by atoms with van der Waals surface area (Å²) in [5.41, 5.74) is 0.216. The number of sulfone groups is 1. The van der Waals surface area contributed by atoms with Crippen LogP contribution >= 0.6 is 0 Å². The Bertz CT molecular complexity index is 1030. The van der Waals surface area contributed by atoms with Crippen molar-refractivity contribution in [3.8, 4) is 0 Å². The van der Waals surface area contributed by atoms with Gasteiger partial charge in [0.2, 0.25) is 0 Å². The summed E-state index contributed by atoms with van der Waals surface area (Å²) < 4.78 is 30.8. The van der Waals surface area contributed by atoms with Gasteiger partial charge in [0, 0.05) is 32.4 Å². The molecule has 9 nitrogen and oxygen atoms in total. The Kier molecular flexibility index (Phi) is 5.16. The highest BCUT2D eigenvalue weighted by Crippen LogP contribution is 2.37. The van der Waals surface area contributed by atoms with Crippen LogP contribution in [-0.2, 0) is 14.6 Å². The number of rotatable bonds is 5. The molecule has 30 heavy (non-hydrogen) atoms. The van der Waals surface area contributed by atoms with Crippen LogP contribution in [0.5, 0.6) is 0 Å². The lowest BCUT2D eigenvalue weighted by atomic mass is 9.81. The van der Waals surface area contributed by atoms with Crippen LogP contribution in [0.2, 0.25) is 0 Å². The van der Waals surface area contributed by atoms with Crippen molar-refractivity contribution < 1.29 is 17.9 Å². The molecule has 1 aliphatic carbocycles. The maximum Gasteiger partial charge on any atom is 0.410 e. The van der Waals surface area contributed by atoms with E-state index in [4.69, 9.17) is 4.74 Å². The average Bonchev–Trinajstić information content (AvgIpc) is 3.02. The first-order valence-corrected chi connectivity index (χ1v) is 12.0. The number of carbonyl (C=O) groups excluding carboxylic acids is 1. The molecule has 1 saturated heterocycles. The van der Waals surface area contributed by atoms with Crippen molar-refractivity contribution in [3.63, 3.8) is 0 Å². The van der Waals surface area contributed by atoms with E-state index >= 15 is 0 Å². The molecule has 10 heteroatoms. The normalized spacial score (nSPS) is 22.5. The Labute approximate surface area is 176 Å². The Morgan fingerprint density at radius 3 is 2.67 bits per heavy atom. The Morgan fingerprint density at radius 1 is 1.30 bits per heavy atom. The fourth-order valence-corrected chi connectivity index (χ4v) is 6.09. The van der Waals surface area contributed by atoms with E-state index in [-0.39, 0.29) is 30.8 Å². The maximum absolute atomic E-state index is 12.7. The van der Waals surface area contributed by atoms with Gasteiger partial charge in [-0.3, -0.25) is 0 Å². The second-order valence-corrected chi connectivity index (χ2v) is 11.7. The third kappa shape index (κ3) is 4.10. The first-order chi connectivity index (χ1) is 14.0. The molecule has 0 bridgehead atoms. The van der Waals surface area contributed by atoms with Crippen LogP contribution in [0.4, 0.5) is 10.6 Å². The Balaban J connectivity index is 1.28. The fourth-order valence-electron chi connectivity index (χ4n) is 4.07. The van der Waals surface area contributed by atoms with Crippen LogP contribution < -0.4 is 4.90 Å². The number of ether oxygens (including phenoxy) is 1. The summed E-state index contributed by atoms with van der Waals surface area (Å²) in [6.07, 6.45) is 4.56. The SMILES string of the molecule is CN(c1ncnc2[nH]ccc12)C1CC(CS(=O)(=O)C2CN(C(=O)OC(C)(C)C)C2)C1. The summed E-state index contributed by atoms with van der Waals surface area (Å²) in [5, 5.41) is 0.482. The second kappa shape index (κ2) is 7.40. The number of anilines is 1. The first kappa shape index (κ1) is 20.9. The first-order valence-electron chi connectivity index (χ1n) is 10.2. The fraction of sp³-hybridized carbons (Fsp3) is 0.650. The van der Waals surface area contributed by atoms with Crippen LogP contribution in [0.3, 0.4) is 0 Å². The minimum absolute atomic E-state index is 0.140. The Hall–Kier alpha value is -2.36. The number of likely N-dealkylation sites (tertiary alicyclic amines) is 1. The van der Waals surface area contributed by atoms with Crippen molar-refractivity contribution in [3.05, 3.63) is 18.6 Å². The highest BCUT2D eigenvalue weighted by molar-refractivity contribution is 7.92. The molecule has 0 spiro atoms. The molecule has 3 heterocycles. The zero-order chi connectivity index (χ0) is 21.7. The van der Waals surface area contributed by atoms with Gasteiger partial charge in [0.05, 0.1) is 16.4 Å². The largest absolute Gasteiger partial charge is 0.444 e. The van der Waals surface area contributed by atoms with Crippen molar-refractivity contribution in [1.29, 1.82) is 0 Å². The number of fused-ring (bicyclic) bond motifs is 1. The van der Waals surface area contributed by atoms with E-state index in [1.807, 2.05) is 19.3 Å². The summed E-state index contributed by atoms with van der Waals surface area (Å²) in [4.78, 5) is 27.3. The summed E-state index contributed by atoms with van der Waals surface area (Å²) in [7, 11) is -1.24. The van der Waals surface area contributed by atoms with Crippen molar-refractivity contribution in [2.75, 3.05) is 30.8 Å². The van der Waals surface area contributed by atoms with Gasteiger partial charge in [-0.2, -0.15) is 0 Å². The van der Waals surface area contributed by atoms with E-state index in [0.717, 1.165) is 29.7 Å². The summed E-state index contributed by atoms with van der Waals surface area (Å²) >= 11 is 0. The van der Waals surface area contributed by atoms with E-state index in [1.165, 1.54) is 11.2 Å². The van der Waals surface area contributed by atoms with Gasteiger partial charge in [0.15, 0.2) is 9.84 Å². The van der Waals surface area contributed by atoms with Gasteiger partial charge in [0.25, 0.3) is 0 Å². The number of carbonyl (C=O) groups is 1. The lowest BCUT2D eigenvalue weighted by molar-refractivity contribution is 0.0138. The monoisotopic (exact) mass is 435 g/mol. The van der Waals surface area contributed by atoms with Crippen LogP contribution in [0.1, 0.15) is 33.6 Å². The molecule has 0 atom stereocenters. The lowest BCUT2D eigenvalue weighted by Crippen LogP contribution is -2.59. The van der Waals surface area contributed by atoms with E-state index in [0.29, 0.717) is 0 Å². The molecule has 2 aromatic rings. The highest BCUT2D eigenvalue weighted by atomic mass is 32.2.